The largest absolute Gasteiger partial charge is 0.492 e. The Hall–Kier alpha value is -0.370. The Labute approximate surface area is 122 Å². The monoisotopic (exact) mass is 394 g/mol. The SMILES string of the molecule is FC(F)(F)COc1ccc(OCCCI)c(Cl)c1. The highest BCUT2D eigenvalue weighted by molar-refractivity contribution is 14.1. The molecule has 0 atom stereocenters. The summed E-state index contributed by atoms with van der Waals surface area (Å²) >= 11 is 8.09. The van der Waals surface area contributed by atoms with Gasteiger partial charge in [-0.2, -0.15) is 13.2 Å². The van der Waals surface area contributed by atoms with Gasteiger partial charge < -0.3 is 9.47 Å². The molecule has 0 radical (unpaired) electrons. The second-order valence-corrected chi connectivity index (χ2v) is 4.87. The zero-order valence-electron chi connectivity index (χ0n) is 9.27. The molecule has 0 saturated heterocycles. The van der Waals surface area contributed by atoms with Crippen LogP contribution in [0.4, 0.5) is 13.2 Å². The predicted octanol–water partition coefficient (Wildman–Crippen LogP) is 4.49. The van der Waals surface area contributed by atoms with Crippen LogP contribution >= 0.6 is 34.2 Å². The molecule has 1 aromatic carbocycles. The summed E-state index contributed by atoms with van der Waals surface area (Å²) in [5, 5.41) is 0.239. The zero-order valence-corrected chi connectivity index (χ0v) is 12.2. The van der Waals surface area contributed by atoms with Crippen molar-refractivity contribution in [3.8, 4) is 11.5 Å². The lowest BCUT2D eigenvalue weighted by Gasteiger charge is -2.11. The Kier molecular flexibility index (Phi) is 6.34. The molecule has 0 bridgehead atoms. The second kappa shape index (κ2) is 7.28. The highest BCUT2D eigenvalue weighted by atomic mass is 127. The Morgan fingerprint density at radius 1 is 1.22 bits per heavy atom. The molecule has 0 aliphatic heterocycles. The van der Waals surface area contributed by atoms with Crippen LogP contribution in [0.5, 0.6) is 11.5 Å². The molecule has 0 aromatic heterocycles. The first-order chi connectivity index (χ1) is 8.42. The molecule has 0 spiro atoms. The number of rotatable bonds is 6. The van der Waals surface area contributed by atoms with Crippen LogP contribution < -0.4 is 9.47 Å². The molecule has 0 saturated carbocycles. The van der Waals surface area contributed by atoms with Crippen molar-refractivity contribution in [2.75, 3.05) is 17.6 Å². The molecule has 7 heteroatoms. The van der Waals surface area contributed by atoms with E-state index < -0.39 is 12.8 Å². The lowest BCUT2D eigenvalue weighted by molar-refractivity contribution is -0.153. The van der Waals surface area contributed by atoms with Gasteiger partial charge in [-0.25, -0.2) is 0 Å². The van der Waals surface area contributed by atoms with Gasteiger partial charge in [0.1, 0.15) is 11.5 Å². The van der Waals surface area contributed by atoms with Gasteiger partial charge in [0.25, 0.3) is 0 Å². The van der Waals surface area contributed by atoms with Crippen molar-refractivity contribution < 1.29 is 22.6 Å². The van der Waals surface area contributed by atoms with Gasteiger partial charge in [0.15, 0.2) is 6.61 Å². The van der Waals surface area contributed by atoms with E-state index in [2.05, 4.69) is 27.3 Å². The van der Waals surface area contributed by atoms with Crippen molar-refractivity contribution in [2.45, 2.75) is 12.6 Å². The Bertz CT molecular complexity index is 385. The van der Waals surface area contributed by atoms with Crippen LogP contribution in [-0.2, 0) is 0 Å². The van der Waals surface area contributed by atoms with E-state index in [0.717, 1.165) is 10.8 Å². The average Bonchev–Trinajstić information content (AvgIpc) is 2.28. The third kappa shape index (κ3) is 5.99. The number of alkyl halides is 4. The molecule has 0 heterocycles. The molecule has 0 unspecified atom stereocenters. The summed E-state index contributed by atoms with van der Waals surface area (Å²) in [5.74, 6) is 0.513. The first-order valence-corrected chi connectivity index (χ1v) is 7.00. The van der Waals surface area contributed by atoms with E-state index in [9.17, 15) is 13.2 Å². The molecule has 1 aromatic rings. The summed E-state index contributed by atoms with van der Waals surface area (Å²) in [7, 11) is 0. The zero-order chi connectivity index (χ0) is 13.6. The van der Waals surface area contributed by atoms with Crippen molar-refractivity contribution in [2.24, 2.45) is 0 Å². The number of benzene rings is 1. The van der Waals surface area contributed by atoms with E-state index in [4.69, 9.17) is 16.3 Å². The van der Waals surface area contributed by atoms with E-state index in [1.807, 2.05) is 0 Å². The van der Waals surface area contributed by atoms with Crippen LogP contribution in [0.1, 0.15) is 6.42 Å². The highest BCUT2D eigenvalue weighted by Crippen LogP contribution is 2.29. The van der Waals surface area contributed by atoms with Crippen LogP contribution in [0, 0.1) is 0 Å². The molecule has 2 nitrogen and oxygen atoms in total. The Balaban J connectivity index is 2.56. The molecule has 0 amide bonds. The predicted molar refractivity (Wildman–Crippen MR) is 72.0 cm³/mol. The molecule has 1 rings (SSSR count). The topological polar surface area (TPSA) is 18.5 Å². The quantitative estimate of drug-likeness (QED) is 0.402. The van der Waals surface area contributed by atoms with Crippen LogP contribution in [0.2, 0.25) is 5.02 Å². The summed E-state index contributed by atoms with van der Waals surface area (Å²) in [5.41, 5.74) is 0. The van der Waals surface area contributed by atoms with Crippen molar-refractivity contribution in [3.05, 3.63) is 23.2 Å². The average molecular weight is 395 g/mol. The molecular weight excluding hydrogens is 383 g/mol. The van der Waals surface area contributed by atoms with Gasteiger partial charge in [-0.1, -0.05) is 34.2 Å². The smallest absolute Gasteiger partial charge is 0.422 e. The maximum Gasteiger partial charge on any atom is 0.422 e. The van der Waals surface area contributed by atoms with Gasteiger partial charge in [-0.15, -0.1) is 0 Å². The van der Waals surface area contributed by atoms with E-state index in [1.54, 1.807) is 0 Å². The highest BCUT2D eigenvalue weighted by Gasteiger charge is 2.28. The van der Waals surface area contributed by atoms with E-state index in [1.165, 1.54) is 18.2 Å². The minimum Gasteiger partial charge on any atom is -0.492 e. The first kappa shape index (κ1) is 15.7. The van der Waals surface area contributed by atoms with Crippen molar-refractivity contribution in [1.29, 1.82) is 0 Å². The van der Waals surface area contributed by atoms with E-state index in [0.29, 0.717) is 12.4 Å². The van der Waals surface area contributed by atoms with Crippen molar-refractivity contribution in [3.63, 3.8) is 0 Å². The van der Waals surface area contributed by atoms with Gasteiger partial charge in [-0.3, -0.25) is 0 Å². The lowest BCUT2D eigenvalue weighted by Crippen LogP contribution is -2.19. The molecule has 0 N–H and O–H groups in total. The normalized spacial score (nSPS) is 11.4. The van der Waals surface area contributed by atoms with Gasteiger partial charge in [0.2, 0.25) is 0 Å². The van der Waals surface area contributed by atoms with Gasteiger partial charge in [-0.05, 0) is 18.6 Å². The molecule has 0 fully saturated rings. The van der Waals surface area contributed by atoms with Crippen molar-refractivity contribution >= 4 is 34.2 Å². The van der Waals surface area contributed by atoms with Crippen LogP contribution in [-0.4, -0.2) is 23.8 Å². The molecule has 0 aliphatic rings. The number of hydrogen-bond donors (Lipinski definition) is 0. The number of ether oxygens (including phenoxy) is 2. The minimum atomic E-state index is -4.36. The van der Waals surface area contributed by atoms with Crippen LogP contribution in [0.3, 0.4) is 0 Å². The summed E-state index contributed by atoms with van der Waals surface area (Å²) in [6, 6.07) is 4.21. The third-order valence-electron chi connectivity index (χ3n) is 1.84. The summed E-state index contributed by atoms with van der Waals surface area (Å²) in [6.07, 6.45) is -3.48. The standard InChI is InChI=1S/C11H11ClF3IO2/c12-9-6-8(18-7-11(13,14)15)2-3-10(9)17-5-1-4-16/h2-3,6H,1,4-5,7H2. The van der Waals surface area contributed by atoms with E-state index in [-0.39, 0.29) is 10.8 Å². The maximum atomic E-state index is 11.9. The fraction of sp³-hybridized carbons (Fsp3) is 0.455. The Morgan fingerprint density at radius 3 is 2.50 bits per heavy atom. The fourth-order valence-corrected chi connectivity index (χ4v) is 1.63. The Morgan fingerprint density at radius 2 is 1.94 bits per heavy atom. The van der Waals surface area contributed by atoms with Gasteiger partial charge in [0, 0.05) is 10.5 Å². The van der Waals surface area contributed by atoms with Gasteiger partial charge >= 0.3 is 6.18 Å². The van der Waals surface area contributed by atoms with Gasteiger partial charge in [0.05, 0.1) is 11.6 Å². The summed E-state index contributed by atoms with van der Waals surface area (Å²) in [4.78, 5) is 0. The molecule has 18 heavy (non-hydrogen) atoms. The van der Waals surface area contributed by atoms with Crippen molar-refractivity contribution in [1.82, 2.24) is 0 Å². The fourth-order valence-electron chi connectivity index (χ4n) is 1.09. The lowest BCUT2D eigenvalue weighted by atomic mass is 10.3. The maximum absolute atomic E-state index is 11.9. The van der Waals surface area contributed by atoms with E-state index >= 15 is 0 Å². The summed E-state index contributed by atoms with van der Waals surface area (Å²) < 4.78 is 46.7. The number of halogens is 5. The molecule has 102 valence electrons. The minimum absolute atomic E-state index is 0.0681. The van der Waals surface area contributed by atoms with Crippen LogP contribution in [0.25, 0.3) is 0 Å². The number of hydrogen-bond acceptors (Lipinski definition) is 2. The van der Waals surface area contributed by atoms with Crippen LogP contribution in [0.15, 0.2) is 18.2 Å². The molecule has 0 aliphatic carbocycles. The third-order valence-corrected chi connectivity index (χ3v) is 2.90. The second-order valence-electron chi connectivity index (χ2n) is 3.39. The first-order valence-electron chi connectivity index (χ1n) is 5.10. The summed E-state index contributed by atoms with van der Waals surface area (Å²) in [6.45, 7) is -0.816. The molecular formula is C11H11ClF3IO2.